The predicted octanol–water partition coefficient (Wildman–Crippen LogP) is 3.01. The van der Waals surface area contributed by atoms with Crippen molar-refractivity contribution in [2.75, 3.05) is 25.2 Å². The summed E-state index contributed by atoms with van der Waals surface area (Å²) in [4.78, 5) is 2.12. The average molecular weight is 354 g/mol. The molecule has 1 unspecified atom stereocenters. The van der Waals surface area contributed by atoms with Gasteiger partial charge in [0, 0.05) is 17.8 Å². The van der Waals surface area contributed by atoms with Crippen molar-refractivity contribution in [1.29, 1.82) is 0 Å². The van der Waals surface area contributed by atoms with Gasteiger partial charge < -0.3 is 14.4 Å². The number of anilines is 1. The smallest absolute Gasteiger partial charge is 0.177 e. The molecule has 1 aromatic heterocycles. The first-order valence-corrected chi connectivity index (χ1v) is 8.40. The van der Waals surface area contributed by atoms with Crippen LogP contribution in [0, 0.1) is 5.82 Å². The second kappa shape index (κ2) is 7.13. The van der Waals surface area contributed by atoms with Crippen LogP contribution < -0.4 is 9.64 Å². The molecule has 1 fully saturated rings. The molecule has 7 heteroatoms. The van der Waals surface area contributed by atoms with E-state index in [0.29, 0.717) is 24.4 Å². The van der Waals surface area contributed by atoms with E-state index in [1.54, 1.807) is 30.1 Å². The highest BCUT2D eigenvalue weighted by atomic mass is 19.1. The van der Waals surface area contributed by atoms with Gasteiger partial charge in [-0.3, -0.25) is 0 Å². The molecule has 0 saturated carbocycles. The minimum Gasteiger partial charge on any atom is -0.497 e. The van der Waals surface area contributed by atoms with E-state index in [1.165, 1.54) is 6.07 Å². The SMILES string of the molecule is COc1ccc(N2CCOC2c2cn(Cc3ccccc3F)nn2)cc1. The Morgan fingerprint density at radius 1 is 1.19 bits per heavy atom. The van der Waals surface area contributed by atoms with Crippen molar-refractivity contribution in [1.82, 2.24) is 15.0 Å². The highest BCUT2D eigenvalue weighted by molar-refractivity contribution is 5.50. The van der Waals surface area contributed by atoms with Gasteiger partial charge >= 0.3 is 0 Å². The minimum absolute atomic E-state index is 0.249. The summed E-state index contributed by atoms with van der Waals surface area (Å²) >= 11 is 0. The van der Waals surface area contributed by atoms with Gasteiger partial charge in [-0.25, -0.2) is 9.07 Å². The van der Waals surface area contributed by atoms with E-state index in [1.807, 2.05) is 30.3 Å². The molecule has 134 valence electrons. The van der Waals surface area contributed by atoms with Gasteiger partial charge in [0.05, 0.1) is 26.5 Å². The maximum atomic E-state index is 13.8. The second-order valence-electron chi connectivity index (χ2n) is 6.05. The molecule has 2 heterocycles. The molecular formula is C19H19FN4O2. The first-order valence-electron chi connectivity index (χ1n) is 8.40. The van der Waals surface area contributed by atoms with Gasteiger partial charge in [-0.15, -0.1) is 5.10 Å². The van der Waals surface area contributed by atoms with Gasteiger partial charge in [0.1, 0.15) is 17.3 Å². The summed E-state index contributed by atoms with van der Waals surface area (Å²) in [5.41, 5.74) is 2.30. The Kier molecular flexibility index (Phi) is 4.53. The van der Waals surface area contributed by atoms with Crippen molar-refractivity contribution >= 4 is 5.69 Å². The monoisotopic (exact) mass is 354 g/mol. The summed E-state index contributed by atoms with van der Waals surface area (Å²) in [6, 6.07) is 14.5. The van der Waals surface area contributed by atoms with Crippen molar-refractivity contribution < 1.29 is 13.9 Å². The number of nitrogens with zero attached hydrogens (tertiary/aromatic N) is 4. The van der Waals surface area contributed by atoms with Crippen molar-refractivity contribution in [2.24, 2.45) is 0 Å². The number of benzene rings is 2. The zero-order chi connectivity index (χ0) is 17.9. The molecule has 26 heavy (non-hydrogen) atoms. The molecule has 1 aliphatic heterocycles. The van der Waals surface area contributed by atoms with Gasteiger partial charge in [0.15, 0.2) is 6.23 Å². The van der Waals surface area contributed by atoms with Crippen LogP contribution in [0.3, 0.4) is 0 Å². The number of halogens is 1. The Balaban J connectivity index is 1.53. The lowest BCUT2D eigenvalue weighted by Crippen LogP contribution is -2.23. The standard InChI is InChI=1S/C19H19FN4O2/c1-25-16-8-6-15(7-9-16)24-10-11-26-19(24)18-13-23(22-21-18)12-14-4-2-3-5-17(14)20/h2-9,13,19H,10-12H2,1H3. The Morgan fingerprint density at radius 2 is 2.00 bits per heavy atom. The van der Waals surface area contributed by atoms with Crippen LogP contribution in [-0.2, 0) is 11.3 Å². The third-order valence-electron chi connectivity index (χ3n) is 4.39. The van der Waals surface area contributed by atoms with E-state index in [-0.39, 0.29) is 12.0 Å². The number of hydrogen-bond acceptors (Lipinski definition) is 5. The van der Waals surface area contributed by atoms with Crippen LogP contribution in [0.4, 0.5) is 10.1 Å². The molecule has 1 atom stereocenters. The fourth-order valence-corrected chi connectivity index (χ4v) is 3.06. The van der Waals surface area contributed by atoms with Crippen LogP contribution in [0.2, 0.25) is 0 Å². The molecule has 0 radical (unpaired) electrons. The Bertz CT molecular complexity index is 881. The molecule has 1 saturated heterocycles. The van der Waals surface area contributed by atoms with Gasteiger partial charge in [0.25, 0.3) is 0 Å². The lowest BCUT2D eigenvalue weighted by molar-refractivity contribution is 0.110. The molecule has 2 aromatic carbocycles. The van der Waals surface area contributed by atoms with E-state index in [0.717, 1.165) is 18.0 Å². The normalized spacial score (nSPS) is 16.8. The molecule has 0 amide bonds. The van der Waals surface area contributed by atoms with Crippen molar-refractivity contribution in [3.05, 3.63) is 71.8 Å². The first kappa shape index (κ1) is 16.5. The maximum Gasteiger partial charge on any atom is 0.177 e. The zero-order valence-corrected chi connectivity index (χ0v) is 14.4. The van der Waals surface area contributed by atoms with Crippen LogP contribution in [0.15, 0.2) is 54.7 Å². The topological polar surface area (TPSA) is 52.4 Å². The number of rotatable bonds is 5. The van der Waals surface area contributed by atoms with E-state index in [4.69, 9.17) is 9.47 Å². The lowest BCUT2D eigenvalue weighted by atomic mass is 10.2. The number of aromatic nitrogens is 3. The summed E-state index contributed by atoms with van der Waals surface area (Å²) in [5.74, 6) is 0.558. The fourth-order valence-electron chi connectivity index (χ4n) is 3.06. The summed E-state index contributed by atoms with van der Waals surface area (Å²) in [6.45, 7) is 1.70. The van der Waals surface area contributed by atoms with E-state index in [2.05, 4.69) is 15.2 Å². The van der Waals surface area contributed by atoms with Crippen LogP contribution in [0.25, 0.3) is 0 Å². The number of methoxy groups -OCH3 is 1. The molecule has 0 spiro atoms. The molecule has 6 nitrogen and oxygen atoms in total. The third-order valence-corrected chi connectivity index (χ3v) is 4.39. The largest absolute Gasteiger partial charge is 0.497 e. The van der Waals surface area contributed by atoms with Crippen molar-refractivity contribution in [2.45, 2.75) is 12.8 Å². The molecule has 0 N–H and O–H groups in total. The summed E-state index contributed by atoms with van der Waals surface area (Å²) in [5, 5.41) is 8.36. The Labute approximate surface area is 150 Å². The number of hydrogen-bond donors (Lipinski definition) is 0. The van der Waals surface area contributed by atoms with E-state index in [9.17, 15) is 4.39 Å². The first-order chi connectivity index (χ1) is 12.7. The van der Waals surface area contributed by atoms with Crippen molar-refractivity contribution in [3.63, 3.8) is 0 Å². The van der Waals surface area contributed by atoms with E-state index >= 15 is 0 Å². The molecule has 4 rings (SSSR count). The lowest BCUT2D eigenvalue weighted by Gasteiger charge is -2.23. The van der Waals surface area contributed by atoms with Gasteiger partial charge in [-0.1, -0.05) is 23.4 Å². The van der Waals surface area contributed by atoms with Gasteiger partial charge in [-0.05, 0) is 30.3 Å². The van der Waals surface area contributed by atoms with Crippen molar-refractivity contribution in [3.8, 4) is 5.75 Å². The van der Waals surface area contributed by atoms with Crippen LogP contribution in [0.1, 0.15) is 17.5 Å². The van der Waals surface area contributed by atoms with Gasteiger partial charge in [0.2, 0.25) is 0 Å². The molecule has 0 aliphatic carbocycles. The zero-order valence-electron chi connectivity index (χ0n) is 14.4. The fraction of sp³-hybridized carbons (Fsp3) is 0.263. The predicted molar refractivity (Wildman–Crippen MR) is 94.6 cm³/mol. The molecule has 1 aliphatic rings. The van der Waals surface area contributed by atoms with Crippen LogP contribution in [-0.4, -0.2) is 35.3 Å². The average Bonchev–Trinajstić information content (AvgIpc) is 3.33. The van der Waals surface area contributed by atoms with E-state index < -0.39 is 0 Å². The Morgan fingerprint density at radius 3 is 2.77 bits per heavy atom. The number of ether oxygens (including phenoxy) is 2. The third kappa shape index (κ3) is 3.25. The summed E-state index contributed by atoms with van der Waals surface area (Å²) in [7, 11) is 1.64. The highest BCUT2D eigenvalue weighted by Gasteiger charge is 2.29. The second-order valence-corrected chi connectivity index (χ2v) is 6.05. The highest BCUT2D eigenvalue weighted by Crippen LogP contribution is 2.32. The molecular weight excluding hydrogens is 335 g/mol. The minimum atomic E-state index is -0.308. The molecule has 0 bridgehead atoms. The van der Waals surface area contributed by atoms with Crippen LogP contribution in [0.5, 0.6) is 5.75 Å². The quantitative estimate of drug-likeness (QED) is 0.705. The summed E-state index contributed by atoms with van der Waals surface area (Å²) in [6.07, 6.45) is 1.50. The maximum absolute atomic E-state index is 13.8. The van der Waals surface area contributed by atoms with Gasteiger partial charge in [-0.2, -0.15) is 0 Å². The Hall–Kier alpha value is -2.93. The molecule has 3 aromatic rings. The van der Waals surface area contributed by atoms with Crippen LogP contribution >= 0.6 is 0 Å². The summed E-state index contributed by atoms with van der Waals surface area (Å²) < 4.78 is 26.5.